The largest absolute Gasteiger partial charge is 0.379 e. The molecule has 0 amide bonds. The maximum Gasteiger partial charge on any atom is 0.191 e. The van der Waals surface area contributed by atoms with E-state index in [9.17, 15) is 8.42 Å². The molecule has 0 aromatic heterocycles. The van der Waals surface area contributed by atoms with Crippen molar-refractivity contribution in [1.82, 2.24) is 15.5 Å². The second kappa shape index (κ2) is 9.44. The van der Waals surface area contributed by atoms with E-state index >= 15 is 0 Å². The summed E-state index contributed by atoms with van der Waals surface area (Å²) in [5.74, 6) is 0.931. The van der Waals surface area contributed by atoms with Gasteiger partial charge in [-0.1, -0.05) is 0 Å². The molecule has 136 valence electrons. The molecule has 0 aromatic carbocycles. The Morgan fingerprint density at radius 1 is 1.26 bits per heavy atom. The van der Waals surface area contributed by atoms with Crippen molar-refractivity contribution in [1.29, 1.82) is 0 Å². The van der Waals surface area contributed by atoms with Gasteiger partial charge in [0.2, 0.25) is 0 Å². The predicted octanol–water partition coefficient (Wildman–Crippen LogP) is 0.0870. The van der Waals surface area contributed by atoms with Gasteiger partial charge in [-0.25, -0.2) is 8.42 Å². The molecular formula is C15H32N4O3S. The van der Waals surface area contributed by atoms with Crippen LogP contribution in [0.15, 0.2) is 4.99 Å². The van der Waals surface area contributed by atoms with Crippen LogP contribution < -0.4 is 10.6 Å². The third-order valence-corrected chi connectivity index (χ3v) is 4.85. The Morgan fingerprint density at radius 3 is 2.48 bits per heavy atom. The summed E-state index contributed by atoms with van der Waals surface area (Å²) in [5.41, 5.74) is -0.0289. The van der Waals surface area contributed by atoms with Gasteiger partial charge in [-0.05, 0) is 27.2 Å². The van der Waals surface area contributed by atoms with Crippen molar-refractivity contribution in [2.24, 2.45) is 4.99 Å². The highest BCUT2D eigenvalue weighted by Gasteiger charge is 2.28. The number of rotatable bonds is 8. The summed E-state index contributed by atoms with van der Waals surface area (Å²) in [4.78, 5) is 7.05. The van der Waals surface area contributed by atoms with Crippen LogP contribution in [0.1, 0.15) is 27.2 Å². The minimum absolute atomic E-state index is 0.0289. The van der Waals surface area contributed by atoms with Gasteiger partial charge in [0.15, 0.2) is 5.96 Å². The normalized spacial score (nSPS) is 18.0. The van der Waals surface area contributed by atoms with Crippen LogP contribution in [0.3, 0.4) is 0 Å². The third-order valence-electron chi connectivity index (χ3n) is 3.82. The van der Waals surface area contributed by atoms with Crippen LogP contribution in [-0.4, -0.2) is 82.8 Å². The molecule has 2 N–H and O–H groups in total. The van der Waals surface area contributed by atoms with Crippen molar-refractivity contribution in [3.05, 3.63) is 0 Å². The Balaban J connectivity index is 2.49. The van der Waals surface area contributed by atoms with E-state index in [-0.39, 0.29) is 11.3 Å². The Hall–Kier alpha value is -0.860. The van der Waals surface area contributed by atoms with E-state index in [1.165, 1.54) is 6.26 Å². The Kier molecular flexibility index (Phi) is 8.28. The first-order chi connectivity index (χ1) is 10.7. The summed E-state index contributed by atoms with van der Waals surface area (Å²) in [5, 5.41) is 6.40. The molecule has 0 spiro atoms. The van der Waals surface area contributed by atoms with E-state index in [1.54, 1.807) is 0 Å². The molecule has 0 bridgehead atoms. The Labute approximate surface area is 140 Å². The number of nitrogens with one attached hydrogen (secondary N) is 2. The molecule has 0 saturated carbocycles. The molecule has 1 rings (SSSR count). The van der Waals surface area contributed by atoms with Gasteiger partial charge >= 0.3 is 0 Å². The molecule has 0 unspecified atom stereocenters. The van der Waals surface area contributed by atoms with Crippen molar-refractivity contribution >= 4 is 15.8 Å². The van der Waals surface area contributed by atoms with Crippen molar-refractivity contribution in [3.8, 4) is 0 Å². The molecule has 0 radical (unpaired) electrons. The van der Waals surface area contributed by atoms with Crippen LogP contribution >= 0.6 is 0 Å². The average Bonchev–Trinajstić information content (AvgIpc) is 2.49. The number of ether oxygens (including phenoxy) is 1. The SMILES string of the molecule is CCNC(=NCC(C)(C)N1CCOCC1)NCCCS(C)(=O)=O. The van der Waals surface area contributed by atoms with Crippen LogP contribution in [0, 0.1) is 0 Å². The minimum atomic E-state index is -2.90. The van der Waals surface area contributed by atoms with Gasteiger partial charge in [-0.2, -0.15) is 0 Å². The quantitative estimate of drug-likeness (QED) is 0.367. The first-order valence-corrected chi connectivity index (χ1v) is 10.3. The highest BCUT2D eigenvalue weighted by atomic mass is 32.2. The highest BCUT2D eigenvalue weighted by molar-refractivity contribution is 7.90. The lowest BCUT2D eigenvalue weighted by molar-refractivity contribution is -0.00683. The fourth-order valence-corrected chi connectivity index (χ4v) is 3.09. The van der Waals surface area contributed by atoms with Crippen molar-refractivity contribution in [3.63, 3.8) is 0 Å². The van der Waals surface area contributed by atoms with Gasteiger partial charge in [0.05, 0.1) is 25.5 Å². The standard InChI is InChI=1S/C15H32N4O3S/c1-5-16-14(17-7-6-12-23(4,20)21)18-13-15(2,3)19-8-10-22-11-9-19/h5-13H2,1-4H3,(H2,16,17,18). The number of aliphatic imine (C=N–C) groups is 1. The topological polar surface area (TPSA) is 83.0 Å². The maximum atomic E-state index is 11.1. The van der Waals surface area contributed by atoms with Gasteiger partial charge in [0.25, 0.3) is 0 Å². The van der Waals surface area contributed by atoms with Gasteiger partial charge in [-0.3, -0.25) is 9.89 Å². The van der Waals surface area contributed by atoms with E-state index in [4.69, 9.17) is 4.74 Å². The minimum Gasteiger partial charge on any atom is -0.379 e. The van der Waals surface area contributed by atoms with Crippen molar-refractivity contribution in [2.75, 3.05) is 57.9 Å². The predicted molar refractivity (Wildman–Crippen MR) is 94.8 cm³/mol. The lowest BCUT2D eigenvalue weighted by Gasteiger charge is -2.39. The maximum absolute atomic E-state index is 11.1. The van der Waals surface area contributed by atoms with E-state index in [0.717, 1.165) is 38.8 Å². The number of hydrogen-bond donors (Lipinski definition) is 2. The van der Waals surface area contributed by atoms with Gasteiger partial charge in [-0.15, -0.1) is 0 Å². The summed E-state index contributed by atoms with van der Waals surface area (Å²) in [7, 11) is -2.90. The zero-order valence-corrected chi connectivity index (χ0v) is 15.7. The fourth-order valence-electron chi connectivity index (χ4n) is 2.42. The summed E-state index contributed by atoms with van der Waals surface area (Å²) in [6, 6.07) is 0. The highest BCUT2D eigenvalue weighted by Crippen LogP contribution is 2.16. The van der Waals surface area contributed by atoms with Crippen LogP contribution in [0.5, 0.6) is 0 Å². The van der Waals surface area contributed by atoms with Crippen LogP contribution in [0.25, 0.3) is 0 Å². The lowest BCUT2D eigenvalue weighted by Crippen LogP contribution is -2.52. The summed E-state index contributed by atoms with van der Waals surface area (Å²) in [6.45, 7) is 11.8. The smallest absolute Gasteiger partial charge is 0.191 e. The van der Waals surface area contributed by atoms with Gasteiger partial charge in [0, 0.05) is 38.0 Å². The van der Waals surface area contributed by atoms with Crippen LogP contribution in [0.2, 0.25) is 0 Å². The van der Waals surface area contributed by atoms with E-state index in [0.29, 0.717) is 19.5 Å². The number of guanidine groups is 1. The molecule has 8 heteroatoms. The molecule has 1 aliphatic rings. The first kappa shape index (κ1) is 20.2. The molecular weight excluding hydrogens is 316 g/mol. The van der Waals surface area contributed by atoms with E-state index in [1.807, 2.05) is 6.92 Å². The molecule has 0 aliphatic carbocycles. The van der Waals surface area contributed by atoms with Crippen LogP contribution in [-0.2, 0) is 14.6 Å². The molecule has 1 fully saturated rings. The third kappa shape index (κ3) is 8.53. The van der Waals surface area contributed by atoms with Gasteiger partial charge < -0.3 is 15.4 Å². The second-order valence-electron chi connectivity index (χ2n) is 6.52. The molecule has 7 nitrogen and oxygen atoms in total. The first-order valence-electron chi connectivity index (χ1n) is 8.27. The fraction of sp³-hybridized carbons (Fsp3) is 0.933. The monoisotopic (exact) mass is 348 g/mol. The Bertz CT molecular complexity index is 471. The summed E-state index contributed by atoms with van der Waals surface area (Å²) >= 11 is 0. The number of morpholine rings is 1. The summed E-state index contributed by atoms with van der Waals surface area (Å²) in [6.07, 6.45) is 1.84. The van der Waals surface area contributed by atoms with Gasteiger partial charge in [0.1, 0.15) is 9.84 Å². The second-order valence-corrected chi connectivity index (χ2v) is 8.78. The van der Waals surface area contributed by atoms with Crippen molar-refractivity contribution in [2.45, 2.75) is 32.7 Å². The number of sulfone groups is 1. The average molecular weight is 349 g/mol. The van der Waals surface area contributed by atoms with Crippen LogP contribution in [0.4, 0.5) is 0 Å². The summed E-state index contributed by atoms with van der Waals surface area (Å²) < 4.78 is 27.7. The molecule has 23 heavy (non-hydrogen) atoms. The molecule has 1 saturated heterocycles. The molecule has 1 aliphatic heterocycles. The zero-order valence-electron chi connectivity index (χ0n) is 14.9. The lowest BCUT2D eigenvalue weighted by atomic mass is 10.0. The van der Waals surface area contributed by atoms with E-state index < -0.39 is 9.84 Å². The number of hydrogen-bond acceptors (Lipinski definition) is 5. The molecule has 0 aromatic rings. The van der Waals surface area contributed by atoms with E-state index in [2.05, 4.69) is 34.4 Å². The number of nitrogens with zero attached hydrogens (tertiary/aromatic N) is 2. The zero-order chi connectivity index (χ0) is 17.3. The molecule has 1 heterocycles. The molecule has 0 atom stereocenters. The Morgan fingerprint density at radius 2 is 1.91 bits per heavy atom. The van der Waals surface area contributed by atoms with Crippen molar-refractivity contribution < 1.29 is 13.2 Å².